The van der Waals surface area contributed by atoms with E-state index in [0.717, 1.165) is 36.6 Å². The zero-order valence-electron chi connectivity index (χ0n) is 13.2. The van der Waals surface area contributed by atoms with Crippen LogP contribution in [0.5, 0.6) is 0 Å². The van der Waals surface area contributed by atoms with E-state index in [1.807, 2.05) is 13.8 Å². The lowest BCUT2D eigenvalue weighted by molar-refractivity contribution is 0.502. The van der Waals surface area contributed by atoms with Gasteiger partial charge in [0.05, 0.1) is 0 Å². The highest BCUT2D eigenvalue weighted by Crippen LogP contribution is 2.26. The fourth-order valence-corrected chi connectivity index (χ4v) is 2.45. The molecule has 2 N–H and O–H groups in total. The monoisotopic (exact) mass is 264 g/mol. The Morgan fingerprint density at radius 1 is 1.11 bits per heavy atom. The summed E-state index contributed by atoms with van der Waals surface area (Å²) in [5.74, 6) is 2.95. The smallest absolute Gasteiger partial charge is 0.137 e. The van der Waals surface area contributed by atoms with Crippen molar-refractivity contribution in [3.05, 3.63) is 11.4 Å². The van der Waals surface area contributed by atoms with E-state index in [9.17, 15) is 0 Å². The Bertz CT molecular complexity index is 411. The topological polar surface area (TPSA) is 55.0 Å². The Morgan fingerprint density at radius 2 is 1.68 bits per heavy atom. The lowest BCUT2D eigenvalue weighted by Crippen LogP contribution is -2.38. The zero-order valence-corrected chi connectivity index (χ0v) is 13.2. The Hall–Kier alpha value is -1.32. The maximum absolute atomic E-state index is 6.00. The fraction of sp³-hybridized carbons (Fsp3) is 0.733. The minimum Gasteiger partial charge on any atom is -0.383 e. The molecule has 1 aromatic rings. The van der Waals surface area contributed by atoms with Crippen LogP contribution < -0.4 is 10.6 Å². The van der Waals surface area contributed by atoms with Gasteiger partial charge in [0.1, 0.15) is 17.5 Å². The highest BCUT2D eigenvalue weighted by atomic mass is 15.2. The molecule has 0 aliphatic carbocycles. The van der Waals surface area contributed by atoms with E-state index in [4.69, 9.17) is 5.73 Å². The standard InChI is InChI=1S/C15H28N4/c1-7-13(8-2)19(9-10(3)4)15-11(5)14(16)17-12(6)18-15/h10,13H,7-9H2,1-6H3,(H2,16,17,18). The van der Waals surface area contributed by atoms with E-state index in [1.54, 1.807) is 0 Å². The first-order chi connectivity index (χ1) is 8.90. The number of aryl methyl sites for hydroxylation is 1. The molecule has 0 aromatic carbocycles. The molecule has 0 unspecified atom stereocenters. The normalized spacial score (nSPS) is 11.4. The highest BCUT2D eigenvalue weighted by Gasteiger charge is 2.21. The van der Waals surface area contributed by atoms with Crippen LogP contribution in [0.3, 0.4) is 0 Å². The molecule has 0 aliphatic rings. The van der Waals surface area contributed by atoms with Crippen molar-refractivity contribution in [1.29, 1.82) is 0 Å². The second-order valence-electron chi connectivity index (χ2n) is 5.62. The van der Waals surface area contributed by atoms with Crippen molar-refractivity contribution in [3.63, 3.8) is 0 Å². The molecule has 1 heterocycles. The van der Waals surface area contributed by atoms with Gasteiger partial charge < -0.3 is 10.6 Å². The zero-order chi connectivity index (χ0) is 14.6. The number of rotatable bonds is 6. The second kappa shape index (κ2) is 6.73. The molecule has 0 aliphatic heterocycles. The van der Waals surface area contributed by atoms with Crippen LogP contribution in [0.1, 0.15) is 51.9 Å². The van der Waals surface area contributed by atoms with Crippen molar-refractivity contribution in [2.24, 2.45) is 5.92 Å². The minimum atomic E-state index is 0.509. The van der Waals surface area contributed by atoms with Crippen molar-refractivity contribution >= 4 is 11.6 Å². The first kappa shape index (κ1) is 15.7. The van der Waals surface area contributed by atoms with Crippen LogP contribution in [0.4, 0.5) is 11.6 Å². The molecular formula is C15H28N4. The maximum Gasteiger partial charge on any atom is 0.137 e. The molecule has 19 heavy (non-hydrogen) atoms. The Labute approximate surface area is 117 Å². The van der Waals surface area contributed by atoms with Crippen molar-refractivity contribution in [2.45, 2.75) is 60.4 Å². The summed E-state index contributed by atoms with van der Waals surface area (Å²) >= 11 is 0. The van der Waals surface area contributed by atoms with Crippen LogP contribution in [0.2, 0.25) is 0 Å². The number of hydrogen-bond donors (Lipinski definition) is 1. The summed E-state index contributed by atoms with van der Waals surface area (Å²) in [6, 6.07) is 0.509. The largest absolute Gasteiger partial charge is 0.383 e. The quantitative estimate of drug-likeness (QED) is 0.856. The number of nitrogens with two attached hydrogens (primary N) is 1. The van der Waals surface area contributed by atoms with Gasteiger partial charge in [-0.15, -0.1) is 0 Å². The van der Waals surface area contributed by atoms with Gasteiger partial charge in [0.15, 0.2) is 0 Å². The molecule has 1 rings (SSSR count). The summed E-state index contributed by atoms with van der Waals surface area (Å²) in [5, 5.41) is 0. The van der Waals surface area contributed by atoms with E-state index in [-0.39, 0.29) is 0 Å². The van der Waals surface area contributed by atoms with Crippen LogP contribution in [-0.2, 0) is 0 Å². The molecular weight excluding hydrogens is 236 g/mol. The average Bonchev–Trinajstić information content (AvgIpc) is 2.33. The van der Waals surface area contributed by atoms with Crippen molar-refractivity contribution in [1.82, 2.24) is 9.97 Å². The third-order valence-electron chi connectivity index (χ3n) is 3.49. The predicted octanol–water partition coefficient (Wildman–Crippen LogP) is 3.33. The van der Waals surface area contributed by atoms with Gasteiger partial charge in [0.25, 0.3) is 0 Å². The van der Waals surface area contributed by atoms with Gasteiger partial charge in [0, 0.05) is 18.2 Å². The minimum absolute atomic E-state index is 0.509. The molecule has 1 aromatic heterocycles. The van der Waals surface area contributed by atoms with E-state index in [1.165, 1.54) is 0 Å². The average molecular weight is 264 g/mol. The molecule has 4 heteroatoms. The molecule has 0 bridgehead atoms. The van der Waals surface area contributed by atoms with E-state index in [2.05, 4.69) is 42.6 Å². The van der Waals surface area contributed by atoms with Gasteiger partial charge in [-0.05, 0) is 32.6 Å². The first-order valence-corrected chi connectivity index (χ1v) is 7.27. The van der Waals surface area contributed by atoms with Crippen LogP contribution in [0.15, 0.2) is 0 Å². The van der Waals surface area contributed by atoms with Crippen LogP contribution >= 0.6 is 0 Å². The molecule has 108 valence electrons. The SMILES string of the molecule is CCC(CC)N(CC(C)C)c1nc(C)nc(N)c1C. The molecule has 4 nitrogen and oxygen atoms in total. The Morgan fingerprint density at radius 3 is 2.16 bits per heavy atom. The predicted molar refractivity (Wildman–Crippen MR) is 82.5 cm³/mol. The summed E-state index contributed by atoms with van der Waals surface area (Å²) in [7, 11) is 0. The fourth-order valence-electron chi connectivity index (χ4n) is 2.45. The lowest BCUT2D eigenvalue weighted by Gasteiger charge is -2.34. The molecule has 0 saturated heterocycles. The lowest BCUT2D eigenvalue weighted by atomic mass is 10.1. The van der Waals surface area contributed by atoms with E-state index < -0.39 is 0 Å². The Balaban J connectivity index is 3.23. The number of aromatic nitrogens is 2. The van der Waals surface area contributed by atoms with E-state index in [0.29, 0.717) is 17.8 Å². The van der Waals surface area contributed by atoms with Crippen LogP contribution in [0.25, 0.3) is 0 Å². The van der Waals surface area contributed by atoms with Crippen LogP contribution in [-0.4, -0.2) is 22.6 Å². The summed E-state index contributed by atoms with van der Waals surface area (Å²) < 4.78 is 0. The summed E-state index contributed by atoms with van der Waals surface area (Å²) in [5.41, 5.74) is 6.99. The van der Waals surface area contributed by atoms with Gasteiger partial charge in [-0.1, -0.05) is 27.7 Å². The second-order valence-corrected chi connectivity index (χ2v) is 5.62. The third-order valence-corrected chi connectivity index (χ3v) is 3.49. The van der Waals surface area contributed by atoms with Gasteiger partial charge in [-0.25, -0.2) is 9.97 Å². The van der Waals surface area contributed by atoms with Crippen molar-refractivity contribution in [3.8, 4) is 0 Å². The van der Waals surface area contributed by atoms with Crippen molar-refractivity contribution < 1.29 is 0 Å². The van der Waals surface area contributed by atoms with Gasteiger partial charge in [-0.2, -0.15) is 0 Å². The van der Waals surface area contributed by atoms with Crippen molar-refractivity contribution in [2.75, 3.05) is 17.2 Å². The molecule has 0 saturated carbocycles. The van der Waals surface area contributed by atoms with E-state index >= 15 is 0 Å². The van der Waals surface area contributed by atoms with Gasteiger partial charge in [0.2, 0.25) is 0 Å². The number of hydrogen-bond acceptors (Lipinski definition) is 4. The first-order valence-electron chi connectivity index (χ1n) is 7.27. The number of nitrogens with zero attached hydrogens (tertiary/aromatic N) is 3. The molecule has 0 atom stereocenters. The van der Waals surface area contributed by atoms with Gasteiger partial charge in [-0.3, -0.25) is 0 Å². The molecule has 0 spiro atoms. The highest BCUT2D eigenvalue weighted by molar-refractivity contribution is 5.57. The summed E-state index contributed by atoms with van der Waals surface area (Å²) in [6.45, 7) is 13.9. The third kappa shape index (κ3) is 3.82. The van der Waals surface area contributed by atoms with Gasteiger partial charge >= 0.3 is 0 Å². The summed E-state index contributed by atoms with van der Waals surface area (Å²) in [6.07, 6.45) is 2.23. The van der Waals surface area contributed by atoms with Crippen LogP contribution in [0, 0.1) is 19.8 Å². The molecule has 0 radical (unpaired) electrons. The maximum atomic E-state index is 6.00. The number of anilines is 2. The molecule has 0 fully saturated rings. The summed E-state index contributed by atoms with van der Waals surface area (Å²) in [4.78, 5) is 11.3. The Kier molecular flexibility index (Phi) is 5.58. The molecule has 0 amide bonds. The number of nitrogen functional groups attached to an aromatic ring is 1.